The number of aromatic nitrogens is 2. The number of nitrogens with zero attached hydrogens (tertiary/aromatic N) is 2. The maximum atomic E-state index is 12.3. The molecule has 0 unspecified atom stereocenters. The van der Waals surface area contributed by atoms with Crippen molar-refractivity contribution in [2.45, 2.75) is 19.8 Å². The molecular formula is C13H14BrN3O2S. The molecule has 2 aromatic rings. The molecule has 1 aromatic carbocycles. The predicted octanol–water partition coefficient (Wildman–Crippen LogP) is 3.51. The number of nitrogens with one attached hydrogen (secondary N) is 1. The minimum absolute atomic E-state index is 0.208. The quantitative estimate of drug-likeness (QED) is 0.891. The summed E-state index contributed by atoms with van der Waals surface area (Å²) < 4.78 is 9.95. The van der Waals surface area contributed by atoms with E-state index >= 15 is 0 Å². The fourth-order valence-corrected chi connectivity index (χ4v) is 2.70. The molecule has 1 amide bonds. The van der Waals surface area contributed by atoms with Crippen LogP contribution in [-0.4, -0.2) is 22.6 Å². The van der Waals surface area contributed by atoms with Crippen molar-refractivity contribution in [3.8, 4) is 5.75 Å². The number of benzene rings is 1. The van der Waals surface area contributed by atoms with Crippen LogP contribution in [0.1, 0.15) is 28.7 Å². The van der Waals surface area contributed by atoms with Gasteiger partial charge in [-0.3, -0.25) is 4.79 Å². The van der Waals surface area contributed by atoms with E-state index in [0.717, 1.165) is 34.5 Å². The van der Waals surface area contributed by atoms with Gasteiger partial charge in [0.1, 0.15) is 10.6 Å². The number of methoxy groups -OCH3 is 1. The lowest BCUT2D eigenvalue weighted by molar-refractivity contribution is 0.102. The summed E-state index contributed by atoms with van der Waals surface area (Å²) in [5.41, 5.74) is 1.35. The molecule has 1 aromatic heterocycles. The number of rotatable bonds is 5. The molecule has 0 radical (unpaired) electrons. The normalized spacial score (nSPS) is 10.3. The molecular weight excluding hydrogens is 342 g/mol. The number of carbonyl (C=O) groups excluding carboxylic acids is 1. The van der Waals surface area contributed by atoms with Crippen LogP contribution in [0.2, 0.25) is 0 Å². The van der Waals surface area contributed by atoms with E-state index < -0.39 is 0 Å². The van der Waals surface area contributed by atoms with Gasteiger partial charge in [0.2, 0.25) is 0 Å². The van der Waals surface area contributed by atoms with Crippen LogP contribution in [0.4, 0.5) is 5.69 Å². The van der Waals surface area contributed by atoms with Gasteiger partial charge in [0.15, 0.2) is 0 Å². The van der Waals surface area contributed by atoms with Crippen molar-refractivity contribution in [2.24, 2.45) is 0 Å². The molecule has 2 rings (SSSR count). The summed E-state index contributed by atoms with van der Waals surface area (Å²) >= 11 is 4.48. The van der Waals surface area contributed by atoms with Crippen LogP contribution in [0.15, 0.2) is 22.7 Å². The van der Waals surface area contributed by atoms with E-state index in [1.807, 2.05) is 13.0 Å². The highest BCUT2D eigenvalue weighted by Crippen LogP contribution is 2.28. The lowest BCUT2D eigenvalue weighted by Gasteiger charge is -2.10. The number of hydrogen-bond donors (Lipinski definition) is 1. The Morgan fingerprint density at radius 3 is 3.00 bits per heavy atom. The average Bonchev–Trinajstić information content (AvgIpc) is 2.88. The molecule has 0 fully saturated rings. The second-order valence-corrected chi connectivity index (χ2v) is 5.77. The molecule has 0 bridgehead atoms. The molecule has 7 heteroatoms. The Kier molecular flexibility index (Phi) is 5.08. The number of hydrogen-bond acceptors (Lipinski definition) is 5. The Morgan fingerprint density at radius 2 is 2.30 bits per heavy atom. The highest BCUT2D eigenvalue weighted by Gasteiger charge is 2.17. The second kappa shape index (κ2) is 6.81. The van der Waals surface area contributed by atoms with Gasteiger partial charge >= 0.3 is 0 Å². The SMILES string of the molecule is CCCc1nnsc1C(=O)Nc1cc(Br)ccc1OC. The first-order valence-corrected chi connectivity index (χ1v) is 7.68. The predicted molar refractivity (Wildman–Crippen MR) is 82.6 cm³/mol. The Bertz CT molecular complexity index is 615. The minimum atomic E-state index is -0.208. The highest BCUT2D eigenvalue weighted by atomic mass is 79.9. The Balaban J connectivity index is 2.23. The molecule has 0 aliphatic rings. The van der Waals surface area contributed by atoms with Crippen LogP contribution in [0, 0.1) is 0 Å². The molecule has 1 N–H and O–H groups in total. The lowest BCUT2D eigenvalue weighted by Crippen LogP contribution is -2.13. The number of ether oxygens (including phenoxy) is 1. The van der Waals surface area contributed by atoms with Crippen molar-refractivity contribution in [3.63, 3.8) is 0 Å². The smallest absolute Gasteiger partial charge is 0.269 e. The lowest BCUT2D eigenvalue weighted by atomic mass is 10.2. The zero-order chi connectivity index (χ0) is 14.5. The van der Waals surface area contributed by atoms with Crippen LogP contribution < -0.4 is 10.1 Å². The first-order chi connectivity index (χ1) is 9.65. The fraction of sp³-hybridized carbons (Fsp3) is 0.308. The molecule has 1 heterocycles. The molecule has 0 aliphatic heterocycles. The third kappa shape index (κ3) is 3.34. The number of amides is 1. The van der Waals surface area contributed by atoms with E-state index in [0.29, 0.717) is 16.3 Å². The van der Waals surface area contributed by atoms with Gasteiger partial charge in [-0.15, -0.1) is 5.10 Å². The molecule has 106 valence electrons. The summed E-state index contributed by atoms with van der Waals surface area (Å²) in [7, 11) is 1.57. The van der Waals surface area contributed by atoms with E-state index in [4.69, 9.17) is 4.74 Å². The van der Waals surface area contributed by atoms with E-state index in [9.17, 15) is 4.79 Å². The standard InChI is InChI=1S/C13H14BrN3O2S/c1-3-4-9-12(20-17-16-9)13(18)15-10-7-8(14)5-6-11(10)19-2/h5-7H,3-4H2,1-2H3,(H,15,18). The summed E-state index contributed by atoms with van der Waals surface area (Å²) in [6, 6.07) is 5.44. The second-order valence-electron chi connectivity index (χ2n) is 4.10. The molecule has 0 aliphatic carbocycles. The minimum Gasteiger partial charge on any atom is -0.495 e. The van der Waals surface area contributed by atoms with Crippen LogP contribution in [0.3, 0.4) is 0 Å². The van der Waals surface area contributed by atoms with Gasteiger partial charge in [0.05, 0.1) is 18.5 Å². The first kappa shape index (κ1) is 14.9. The van der Waals surface area contributed by atoms with Gasteiger partial charge in [-0.1, -0.05) is 33.8 Å². The largest absolute Gasteiger partial charge is 0.495 e. The van der Waals surface area contributed by atoms with Crippen LogP contribution >= 0.6 is 27.5 Å². The van der Waals surface area contributed by atoms with Crippen molar-refractivity contribution >= 4 is 39.1 Å². The van der Waals surface area contributed by atoms with Crippen molar-refractivity contribution < 1.29 is 9.53 Å². The third-order valence-corrected chi connectivity index (χ3v) is 3.92. The van der Waals surface area contributed by atoms with Crippen molar-refractivity contribution in [1.29, 1.82) is 0 Å². The number of aryl methyl sites for hydroxylation is 1. The van der Waals surface area contributed by atoms with Gasteiger partial charge in [0, 0.05) is 4.47 Å². The molecule has 0 saturated heterocycles. The van der Waals surface area contributed by atoms with E-state index in [2.05, 4.69) is 30.8 Å². The van der Waals surface area contributed by atoms with Crippen molar-refractivity contribution in [1.82, 2.24) is 9.59 Å². The summed E-state index contributed by atoms with van der Waals surface area (Å²) in [6.45, 7) is 2.04. The number of carbonyl (C=O) groups is 1. The van der Waals surface area contributed by atoms with Crippen molar-refractivity contribution in [3.05, 3.63) is 33.2 Å². The van der Waals surface area contributed by atoms with Gasteiger partial charge in [-0.05, 0) is 36.2 Å². The van der Waals surface area contributed by atoms with E-state index in [-0.39, 0.29) is 5.91 Å². The molecule has 20 heavy (non-hydrogen) atoms. The zero-order valence-corrected chi connectivity index (χ0v) is 13.5. The van der Waals surface area contributed by atoms with Gasteiger partial charge < -0.3 is 10.1 Å². The topological polar surface area (TPSA) is 64.1 Å². The zero-order valence-electron chi connectivity index (χ0n) is 11.1. The fourth-order valence-electron chi connectivity index (χ4n) is 1.74. The monoisotopic (exact) mass is 355 g/mol. The van der Waals surface area contributed by atoms with E-state index in [1.54, 1.807) is 19.2 Å². The highest BCUT2D eigenvalue weighted by molar-refractivity contribution is 9.10. The number of halogens is 1. The Hall–Kier alpha value is -1.47. The summed E-state index contributed by atoms with van der Waals surface area (Å²) in [5, 5.41) is 6.84. The van der Waals surface area contributed by atoms with Gasteiger partial charge in [-0.25, -0.2) is 0 Å². The van der Waals surface area contributed by atoms with Crippen LogP contribution in [-0.2, 0) is 6.42 Å². The Labute approximate surface area is 129 Å². The molecule has 0 saturated carbocycles. The molecule has 0 spiro atoms. The summed E-state index contributed by atoms with van der Waals surface area (Å²) in [6.07, 6.45) is 1.67. The van der Waals surface area contributed by atoms with Crippen LogP contribution in [0.5, 0.6) is 5.75 Å². The molecule has 5 nitrogen and oxygen atoms in total. The van der Waals surface area contributed by atoms with Gasteiger partial charge in [0.25, 0.3) is 5.91 Å². The van der Waals surface area contributed by atoms with Crippen molar-refractivity contribution in [2.75, 3.05) is 12.4 Å². The van der Waals surface area contributed by atoms with E-state index in [1.165, 1.54) is 0 Å². The number of anilines is 1. The third-order valence-electron chi connectivity index (χ3n) is 2.66. The molecule has 0 atom stereocenters. The average molecular weight is 356 g/mol. The summed E-state index contributed by atoms with van der Waals surface area (Å²) in [5.74, 6) is 0.399. The first-order valence-electron chi connectivity index (χ1n) is 6.11. The maximum absolute atomic E-state index is 12.3. The Morgan fingerprint density at radius 1 is 1.50 bits per heavy atom. The maximum Gasteiger partial charge on any atom is 0.269 e. The van der Waals surface area contributed by atoms with Crippen LogP contribution in [0.25, 0.3) is 0 Å². The summed E-state index contributed by atoms with van der Waals surface area (Å²) in [4.78, 5) is 12.8. The van der Waals surface area contributed by atoms with Gasteiger partial charge in [-0.2, -0.15) is 0 Å².